The third kappa shape index (κ3) is 4.38. The minimum atomic E-state index is -0.959. The lowest BCUT2D eigenvalue weighted by atomic mass is 9.92. The molecule has 0 heterocycles. The van der Waals surface area contributed by atoms with Gasteiger partial charge in [0.1, 0.15) is 0 Å². The Hall–Kier alpha value is -4.18. The van der Waals surface area contributed by atoms with Gasteiger partial charge in [0.15, 0.2) is 0 Å². The van der Waals surface area contributed by atoms with Crippen molar-refractivity contribution in [2.75, 3.05) is 0 Å². The summed E-state index contributed by atoms with van der Waals surface area (Å²) in [5.41, 5.74) is 7.46. The number of carboxylic acids is 2. The van der Waals surface area contributed by atoms with Crippen LogP contribution >= 0.6 is 0 Å². The molecule has 0 aliphatic rings. The largest absolute Gasteiger partial charge is 0.478 e. The first-order valence-corrected chi connectivity index (χ1v) is 9.80. The van der Waals surface area contributed by atoms with E-state index in [2.05, 4.69) is 36.4 Å². The van der Waals surface area contributed by atoms with E-state index in [1.807, 2.05) is 13.0 Å². The van der Waals surface area contributed by atoms with Crippen molar-refractivity contribution in [3.63, 3.8) is 0 Å². The van der Waals surface area contributed by atoms with Gasteiger partial charge in [-0.05, 0) is 82.8 Å². The Bertz CT molecular complexity index is 1180. The lowest BCUT2D eigenvalue weighted by Gasteiger charge is -2.12. The molecule has 0 amide bonds. The first kappa shape index (κ1) is 20.1. The van der Waals surface area contributed by atoms with E-state index in [0.29, 0.717) is 0 Å². The van der Waals surface area contributed by atoms with E-state index in [-0.39, 0.29) is 11.1 Å². The van der Waals surface area contributed by atoms with E-state index in [1.54, 1.807) is 48.5 Å². The highest BCUT2D eigenvalue weighted by Gasteiger charge is 2.10. The minimum absolute atomic E-state index is 0.239. The van der Waals surface area contributed by atoms with Crippen LogP contribution in [0.15, 0.2) is 91.0 Å². The Morgan fingerprint density at radius 2 is 0.774 bits per heavy atom. The van der Waals surface area contributed by atoms with E-state index in [9.17, 15) is 19.8 Å². The molecule has 4 nitrogen and oxygen atoms in total. The number of hydrogen-bond donors (Lipinski definition) is 2. The Balaban J connectivity index is 1.84. The van der Waals surface area contributed by atoms with Gasteiger partial charge in [0.05, 0.1) is 11.1 Å². The zero-order chi connectivity index (χ0) is 22.0. The molecule has 0 saturated heterocycles. The lowest BCUT2D eigenvalue weighted by Crippen LogP contribution is -1.95. The molecule has 31 heavy (non-hydrogen) atoms. The van der Waals surface area contributed by atoms with Crippen molar-refractivity contribution in [2.45, 2.75) is 6.92 Å². The monoisotopic (exact) mass is 408 g/mol. The molecule has 0 atom stereocenters. The van der Waals surface area contributed by atoms with Gasteiger partial charge in [-0.1, -0.05) is 54.1 Å². The highest BCUT2D eigenvalue weighted by atomic mass is 16.4. The van der Waals surface area contributed by atoms with Crippen LogP contribution in [0.2, 0.25) is 0 Å². The van der Waals surface area contributed by atoms with Crippen LogP contribution in [0.5, 0.6) is 0 Å². The van der Waals surface area contributed by atoms with Crippen LogP contribution in [-0.4, -0.2) is 22.2 Å². The summed E-state index contributed by atoms with van der Waals surface area (Å²) in [5.74, 6) is -1.92. The van der Waals surface area contributed by atoms with Crippen molar-refractivity contribution in [3.05, 3.63) is 108 Å². The minimum Gasteiger partial charge on any atom is -0.478 e. The summed E-state index contributed by atoms with van der Waals surface area (Å²) >= 11 is 0. The Morgan fingerprint density at radius 3 is 1.06 bits per heavy atom. The van der Waals surface area contributed by atoms with Crippen molar-refractivity contribution in [3.8, 4) is 33.4 Å². The molecule has 4 aromatic carbocycles. The second-order valence-electron chi connectivity index (χ2n) is 7.43. The van der Waals surface area contributed by atoms with Gasteiger partial charge in [-0.15, -0.1) is 0 Å². The molecule has 0 aliphatic carbocycles. The van der Waals surface area contributed by atoms with E-state index >= 15 is 0 Å². The van der Waals surface area contributed by atoms with Crippen molar-refractivity contribution in [2.24, 2.45) is 0 Å². The zero-order valence-electron chi connectivity index (χ0n) is 16.9. The van der Waals surface area contributed by atoms with Gasteiger partial charge in [-0.25, -0.2) is 9.59 Å². The molecule has 4 aromatic rings. The number of aromatic carboxylic acids is 2. The van der Waals surface area contributed by atoms with Crippen LogP contribution in [0.4, 0.5) is 0 Å². The SMILES string of the molecule is Cc1ccc(-c2cc(-c3ccc(C(=O)O)cc3)cc(-c3ccc(C(=O)O)cc3)c2)cc1. The van der Waals surface area contributed by atoms with E-state index in [4.69, 9.17) is 0 Å². The predicted molar refractivity (Wildman–Crippen MR) is 121 cm³/mol. The molecule has 0 bridgehead atoms. The third-order valence-corrected chi connectivity index (χ3v) is 5.25. The first-order valence-electron chi connectivity index (χ1n) is 9.80. The molecule has 0 unspecified atom stereocenters. The average molecular weight is 408 g/mol. The van der Waals surface area contributed by atoms with Crippen molar-refractivity contribution >= 4 is 11.9 Å². The van der Waals surface area contributed by atoms with Crippen LogP contribution in [0.3, 0.4) is 0 Å². The van der Waals surface area contributed by atoms with Gasteiger partial charge >= 0.3 is 11.9 Å². The topological polar surface area (TPSA) is 74.6 Å². The fraction of sp³-hybridized carbons (Fsp3) is 0.0370. The van der Waals surface area contributed by atoms with E-state index in [0.717, 1.165) is 33.4 Å². The molecule has 2 N–H and O–H groups in total. The highest BCUT2D eigenvalue weighted by molar-refractivity contribution is 5.90. The molecule has 0 aromatic heterocycles. The van der Waals surface area contributed by atoms with Crippen LogP contribution in [0, 0.1) is 6.92 Å². The van der Waals surface area contributed by atoms with Crippen molar-refractivity contribution < 1.29 is 19.8 Å². The van der Waals surface area contributed by atoms with Gasteiger partial charge in [0.2, 0.25) is 0 Å². The lowest BCUT2D eigenvalue weighted by molar-refractivity contribution is 0.0686. The molecule has 0 aliphatic heterocycles. The van der Waals surface area contributed by atoms with Crippen molar-refractivity contribution in [1.82, 2.24) is 0 Å². The van der Waals surface area contributed by atoms with Crippen molar-refractivity contribution in [1.29, 1.82) is 0 Å². The molecular weight excluding hydrogens is 388 g/mol. The standard InChI is InChI=1S/C27H20O4/c1-17-2-4-18(5-3-17)23-14-24(19-6-10-21(11-7-19)26(28)29)16-25(15-23)20-8-12-22(13-9-20)27(30)31/h2-16H,1H3,(H,28,29)(H,30,31). The Labute approximate surface area is 180 Å². The summed E-state index contributed by atoms with van der Waals surface area (Å²) in [6, 6.07) is 28.0. The summed E-state index contributed by atoms with van der Waals surface area (Å²) in [6.45, 7) is 2.04. The summed E-state index contributed by atoms with van der Waals surface area (Å²) in [6.07, 6.45) is 0. The number of carboxylic acid groups (broad SMARTS) is 2. The molecule has 4 heteroatoms. The van der Waals surface area contributed by atoms with Gasteiger partial charge in [-0.3, -0.25) is 0 Å². The fourth-order valence-corrected chi connectivity index (χ4v) is 3.48. The second-order valence-corrected chi connectivity index (χ2v) is 7.43. The third-order valence-electron chi connectivity index (χ3n) is 5.25. The average Bonchev–Trinajstić information content (AvgIpc) is 2.79. The maximum Gasteiger partial charge on any atom is 0.335 e. The van der Waals surface area contributed by atoms with E-state index in [1.165, 1.54) is 5.56 Å². The Kier molecular flexibility index (Phi) is 5.37. The number of benzene rings is 4. The van der Waals surface area contributed by atoms with Crippen LogP contribution < -0.4 is 0 Å². The number of aryl methyl sites for hydroxylation is 1. The summed E-state index contributed by atoms with van der Waals surface area (Å²) in [4.78, 5) is 22.4. The smallest absolute Gasteiger partial charge is 0.335 e. The van der Waals surface area contributed by atoms with Gasteiger partial charge < -0.3 is 10.2 Å². The van der Waals surface area contributed by atoms with Gasteiger partial charge in [-0.2, -0.15) is 0 Å². The predicted octanol–water partition coefficient (Wildman–Crippen LogP) is 6.39. The molecule has 0 radical (unpaired) electrons. The van der Waals surface area contributed by atoms with Gasteiger partial charge in [0.25, 0.3) is 0 Å². The maximum atomic E-state index is 11.2. The van der Waals surface area contributed by atoms with Crippen LogP contribution in [0.25, 0.3) is 33.4 Å². The van der Waals surface area contributed by atoms with Crippen LogP contribution in [0.1, 0.15) is 26.3 Å². The molecule has 0 spiro atoms. The molecule has 0 saturated carbocycles. The molecule has 4 rings (SSSR count). The molecular formula is C27H20O4. The molecule has 152 valence electrons. The number of rotatable bonds is 5. The number of hydrogen-bond acceptors (Lipinski definition) is 2. The summed E-state index contributed by atoms with van der Waals surface area (Å²) in [7, 11) is 0. The fourth-order valence-electron chi connectivity index (χ4n) is 3.48. The molecule has 0 fully saturated rings. The summed E-state index contributed by atoms with van der Waals surface area (Å²) < 4.78 is 0. The van der Waals surface area contributed by atoms with Crippen LogP contribution in [-0.2, 0) is 0 Å². The summed E-state index contributed by atoms with van der Waals surface area (Å²) in [5, 5.41) is 18.3. The normalized spacial score (nSPS) is 10.6. The quantitative estimate of drug-likeness (QED) is 0.401. The number of carbonyl (C=O) groups is 2. The maximum absolute atomic E-state index is 11.2. The van der Waals surface area contributed by atoms with Gasteiger partial charge in [0, 0.05) is 0 Å². The first-order chi connectivity index (χ1) is 14.9. The zero-order valence-corrected chi connectivity index (χ0v) is 16.9. The Morgan fingerprint density at radius 1 is 0.484 bits per heavy atom. The van der Waals surface area contributed by atoms with E-state index < -0.39 is 11.9 Å². The second kappa shape index (κ2) is 8.28. The highest BCUT2D eigenvalue weighted by Crippen LogP contribution is 2.33.